The number of rotatable bonds is 6. The Morgan fingerprint density at radius 2 is 1.62 bits per heavy atom. The van der Waals surface area contributed by atoms with Crippen LogP contribution in [0.3, 0.4) is 0 Å². The molecule has 0 spiro atoms. The Kier molecular flexibility index (Phi) is 6.59. The maximum Gasteiger partial charge on any atom is 0.267 e. The molecule has 0 atom stereocenters. The second-order valence-electron chi connectivity index (χ2n) is 8.24. The summed E-state index contributed by atoms with van der Waals surface area (Å²) in [5, 5.41) is 4.60. The highest BCUT2D eigenvalue weighted by molar-refractivity contribution is 7.93. The monoisotopic (exact) mass is 490 g/mol. The second kappa shape index (κ2) is 9.44. The smallest absolute Gasteiger partial charge is 0.267 e. The third-order valence-electron chi connectivity index (χ3n) is 5.79. The first-order valence-corrected chi connectivity index (χ1v) is 13.1. The van der Waals surface area contributed by atoms with Gasteiger partial charge in [-0.25, -0.2) is 8.42 Å². The van der Waals surface area contributed by atoms with Crippen LogP contribution in [0.1, 0.15) is 26.4 Å². The van der Waals surface area contributed by atoms with Gasteiger partial charge in [0.25, 0.3) is 15.9 Å². The van der Waals surface area contributed by atoms with Gasteiger partial charge in [0.05, 0.1) is 5.69 Å². The van der Waals surface area contributed by atoms with E-state index in [9.17, 15) is 13.2 Å². The van der Waals surface area contributed by atoms with Gasteiger partial charge in [-0.2, -0.15) is 0 Å². The van der Waals surface area contributed by atoms with Crippen molar-refractivity contribution in [2.75, 3.05) is 16.7 Å². The summed E-state index contributed by atoms with van der Waals surface area (Å²) in [5.41, 5.74) is 5.47. The van der Waals surface area contributed by atoms with Crippen molar-refractivity contribution in [1.29, 1.82) is 0 Å². The van der Waals surface area contributed by atoms with Crippen LogP contribution in [0.15, 0.2) is 83.1 Å². The van der Waals surface area contributed by atoms with E-state index in [-0.39, 0.29) is 9.77 Å². The third-order valence-corrected chi connectivity index (χ3v) is 8.76. The quantitative estimate of drug-likeness (QED) is 0.339. The Morgan fingerprint density at radius 3 is 2.29 bits per heavy atom. The SMILES string of the molecule is Cc1cccc(NC(=O)c2scc(-c3ccccc3)c2S(=O)(=O)N(C)c2ccc(C)c(C)c2)c1. The Labute approximate surface area is 204 Å². The Balaban J connectivity index is 1.84. The molecule has 0 aliphatic heterocycles. The number of carbonyl (C=O) groups is 1. The van der Waals surface area contributed by atoms with Crippen LogP contribution in [-0.4, -0.2) is 21.4 Å². The lowest BCUT2D eigenvalue weighted by atomic mass is 10.1. The predicted molar refractivity (Wildman–Crippen MR) is 140 cm³/mol. The number of nitrogens with zero attached hydrogens (tertiary/aromatic N) is 1. The molecule has 34 heavy (non-hydrogen) atoms. The molecule has 1 amide bonds. The summed E-state index contributed by atoms with van der Waals surface area (Å²) in [4.78, 5) is 13.5. The van der Waals surface area contributed by atoms with E-state index in [4.69, 9.17) is 0 Å². The molecule has 0 saturated heterocycles. The van der Waals surface area contributed by atoms with Crippen molar-refractivity contribution in [1.82, 2.24) is 0 Å². The van der Waals surface area contributed by atoms with Gasteiger partial charge < -0.3 is 5.32 Å². The molecular weight excluding hydrogens is 464 g/mol. The van der Waals surface area contributed by atoms with E-state index in [2.05, 4.69) is 5.32 Å². The van der Waals surface area contributed by atoms with Gasteiger partial charge in [0, 0.05) is 23.7 Å². The Morgan fingerprint density at radius 1 is 0.882 bits per heavy atom. The third kappa shape index (κ3) is 4.62. The number of anilines is 2. The summed E-state index contributed by atoms with van der Waals surface area (Å²) in [5.74, 6) is -0.454. The van der Waals surface area contributed by atoms with Gasteiger partial charge in [0.15, 0.2) is 0 Å². The number of benzene rings is 3. The van der Waals surface area contributed by atoms with E-state index in [1.54, 1.807) is 17.5 Å². The molecule has 7 heteroatoms. The molecule has 0 unspecified atom stereocenters. The number of carbonyl (C=O) groups excluding carboxylic acids is 1. The van der Waals surface area contributed by atoms with Crippen LogP contribution in [0.5, 0.6) is 0 Å². The van der Waals surface area contributed by atoms with Gasteiger partial charge in [-0.05, 0) is 67.3 Å². The zero-order valence-corrected chi connectivity index (χ0v) is 21.1. The largest absolute Gasteiger partial charge is 0.321 e. The molecule has 5 nitrogen and oxygen atoms in total. The van der Waals surface area contributed by atoms with Crippen molar-refractivity contribution >= 4 is 38.6 Å². The summed E-state index contributed by atoms with van der Waals surface area (Å²) in [6.07, 6.45) is 0. The fraction of sp³-hybridized carbons (Fsp3) is 0.148. The number of hydrogen-bond acceptors (Lipinski definition) is 4. The summed E-state index contributed by atoms with van der Waals surface area (Å²) in [6, 6.07) is 22.2. The van der Waals surface area contributed by atoms with E-state index >= 15 is 0 Å². The predicted octanol–water partition coefficient (Wildman–Crippen LogP) is 6.42. The first-order valence-electron chi connectivity index (χ1n) is 10.8. The zero-order valence-electron chi connectivity index (χ0n) is 19.5. The number of aryl methyl sites for hydroxylation is 3. The van der Waals surface area contributed by atoms with Crippen molar-refractivity contribution in [3.8, 4) is 11.1 Å². The van der Waals surface area contributed by atoms with Crippen molar-refractivity contribution in [3.05, 3.63) is 99.7 Å². The van der Waals surface area contributed by atoms with E-state index in [0.717, 1.165) is 33.6 Å². The lowest BCUT2D eigenvalue weighted by Crippen LogP contribution is -2.28. The second-order valence-corrected chi connectivity index (χ2v) is 11.0. The molecule has 0 bridgehead atoms. The van der Waals surface area contributed by atoms with Gasteiger partial charge in [-0.1, -0.05) is 48.5 Å². The molecule has 4 rings (SSSR count). The number of sulfonamides is 1. The lowest BCUT2D eigenvalue weighted by molar-refractivity contribution is 0.102. The van der Waals surface area contributed by atoms with E-state index < -0.39 is 15.9 Å². The molecule has 1 heterocycles. The van der Waals surface area contributed by atoms with Gasteiger partial charge in [-0.3, -0.25) is 9.10 Å². The highest BCUT2D eigenvalue weighted by Gasteiger charge is 2.32. The molecule has 3 aromatic carbocycles. The minimum absolute atomic E-state index is 0.00887. The van der Waals surface area contributed by atoms with Gasteiger partial charge in [-0.15, -0.1) is 11.3 Å². The van der Waals surface area contributed by atoms with Crippen LogP contribution < -0.4 is 9.62 Å². The van der Waals surface area contributed by atoms with Crippen LogP contribution in [0.25, 0.3) is 11.1 Å². The molecular formula is C27H26N2O3S2. The van der Waals surface area contributed by atoms with E-state index in [0.29, 0.717) is 16.9 Å². The summed E-state index contributed by atoms with van der Waals surface area (Å²) in [7, 11) is -2.53. The summed E-state index contributed by atoms with van der Waals surface area (Å²) in [6.45, 7) is 5.86. The first kappa shape index (κ1) is 23.7. The standard InChI is InChI=1S/C27H26N2O3S2/c1-18-9-8-12-22(15-18)28-27(30)25-26(24(17-33-25)21-10-6-5-7-11-21)34(31,32)29(4)23-14-13-19(2)20(3)16-23/h5-17H,1-4H3,(H,28,30). The van der Waals surface area contributed by atoms with Crippen LogP contribution >= 0.6 is 11.3 Å². The van der Waals surface area contributed by atoms with Gasteiger partial charge in [0.2, 0.25) is 0 Å². The zero-order chi connectivity index (χ0) is 24.5. The number of nitrogens with one attached hydrogen (secondary N) is 1. The normalized spacial score (nSPS) is 11.3. The van der Waals surface area contributed by atoms with Crippen LogP contribution in [0.2, 0.25) is 0 Å². The maximum absolute atomic E-state index is 14.0. The molecule has 0 saturated carbocycles. The highest BCUT2D eigenvalue weighted by Crippen LogP contribution is 2.38. The van der Waals surface area contributed by atoms with Crippen molar-refractivity contribution in [2.45, 2.75) is 25.7 Å². The average Bonchev–Trinajstić information content (AvgIpc) is 3.27. The fourth-order valence-corrected chi connectivity index (χ4v) is 6.53. The highest BCUT2D eigenvalue weighted by atomic mass is 32.2. The Bertz CT molecular complexity index is 1460. The molecule has 174 valence electrons. The molecule has 0 radical (unpaired) electrons. The molecule has 0 aliphatic carbocycles. The minimum Gasteiger partial charge on any atom is -0.321 e. The fourth-order valence-electron chi connectivity index (χ4n) is 3.68. The van der Waals surface area contributed by atoms with Gasteiger partial charge in [0.1, 0.15) is 9.77 Å². The number of hydrogen-bond donors (Lipinski definition) is 1. The van der Waals surface area contributed by atoms with Crippen LogP contribution in [0.4, 0.5) is 11.4 Å². The summed E-state index contributed by atoms with van der Waals surface area (Å²) < 4.78 is 29.2. The molecule has 4 aromatic rings. The van der Waals surface area contributed by atoms with Crippen LogP contribution in [-0.2, 0) is 10.0 Å². The molecule has 0 fully saturated rings. The molecule has 1 N–H and O–H groups in total. The maximum atomic E-state index is 14.0. The molecule has 0 aliphatic rings. The van der Waals surface area contributed by atoms with Gasteiger partial charge >= 0.3 is 0 Å². The minimum atomic E-state index is -4.05. The van der Waals surface area contributed by atoms with Crippen LogP contribution in [0, 0.1) is 20.8 Å². The lowest BCUT2D eigenvalue weighted by Gasteiger charge is -2.22. The average molecular weight is 491 g/mol. The van der Waals surface area contributed by atoms with Crippen molar-refractivity contribution < 1.29 is 13.2 Å². The van der Waals surface area contributed by atoms with Crippen molar-refractivity contribution in [2.24, 2.45) is 0 Å². The van der Waals surface area contributed by atoms with E-state index in [1.165, 1.54) is 11.4 Å². The number of thiophene rings is 1. The van der Waals surface area contributed by atoms with Crippen molar-refractivity contribution in [3.63, 3.8) is 0 Å². The number of amides is 1. The first-order chi connectivity index (χ1) is 16.2. The molecule has 1 aromatic heterocycles. The summed E-state index contributed by atoms with van der Waals surface area (Å²) >= 11 is 1.13. The topological polar surface area (TPSA) is 66.5 Å². The Hall–Kier alpha value is -3.42. The van der Waals surface area contributed by atoms with E-state index in [1.807, 2.05) is 81.4 Å².